The van der Waals surface area contributed by atoms with Gasteiger partial charge in [0, 0.05) is 23.1 Å². The predicted molar refractivity (Wildman–Crippen MR) is 84.3 cm³/mol. The van der Waals surface area contributed by atoms with Gasteiger partial charge in [0.2, 0.25) is 0 Å². The number of hydrogen-bond acceptors (Lipinski definition) is 2. The Hall–Kier alpha value is -1.36. The largest absolute Gasteiger partial charge is 0.481 e. The fourth-order valence-electron chi connectivity index (χ4n) is 2.91. The second-order valence-electron chi connectivity index (χ2n) is 6.01. The average molecular weight is 354 g/mol. The van der Waals surface area contributed by atoms with Crippen LogP contribution in [0, 0.1) is 18.3 Å². The number of rotatable bonds is 3. The van der Waals surface area contributed by atoms with Gasteiger partial charge in [-0.05, 0) is 37.0 Å². The summed E-state index contributed by atoms with van der Waals surface area (Å²) < 4.78 is 0.890. The van der Waals surface area contributed by atoms with Crippen LogP contribution in [0.4, 0.5) is 0 Å². The van der Waals surface area contributed by atoms with E-state index < -0.39 is 11.4 Å². The van der Waals surface area contributed by atoms with E-state index in [1.54, 1.807) is 11.0 Å². The van der Waals surface area contributed by atoms with Crippen LogP contribution >= 0.6 is 15.9 Å². The Balaban J connectivity index is 2.27. The molecule has 0 bridgehead atoms. The van der Waals surface area contributed by atoms with Crippen LogP contribution in [0.25, 0.3) is 0 Å². The number of likely N-dealkylation sites (tertiary alicyclic amines) is 1. The lowest BCUT2D eigenvalue weighted by atomic mass is 9.76. The molecule has 0 spiro atoms. The van der Waals surface area contributed by atoms with Gasteiger partial charge >= 0.3 is 5.97 Å². The molecule has 1 aromatic carbocycles. The van der Waals surface area contributed by atoms with Gasteiger partial charge in [0.05, 0.1) is 5.41 Å². The maximum Gasteiger partial charge on any atom is 0.311 e. The summed E-state index contributed by atoms with van der Waals surface area (Å²) in [7, 11) is 0. The van der Waals surface area contributed by atoms with Gasteiger partial charge in [0.1, 0.15) is 0 Å². The van der Waals surface area contributed by atoms with Crippen molar-refractivity contribution in [2.45, 2.75) is 27.2 Å². The van der Waals surface area contributed by atoms with Crippen molar-refractivity contribution >= 4 is 27.8 Å². The molecule has 1 N–H and O–H groups in total. The zero-order valence-corrected chi connectivity index (χ0v) is 14.1. The Morgan fingerprint density at radius 3 is 2.57 bits per heavy atom. The zero-order valence-electron chi connectivity index (χ0n) is 12.5. The standard InChI is InChI=1S/C16H20BrNO3/c1-10(2)16(15(20)21)7-8-18(9-16)14(19)12-5-4-6-13(17)11(12)3/h4-6,10H,7-9H2,1-3H3,(H,20,21). The number of aliphatic carboxylic acids is 1. The molecule has 0 saturated carbocycles. The maximum atomic E-state index is 12.7. The fourth-order valence-corrected chi connectivity index (χ4v) is 3.27. The van der Waals surface area contributed by atoms with E-state index in [-0.39, 0.29) is 18.4 Å². The first-order valence-corrected chi connectivity index (χ1v) is 7.86. The minimum absolute atomic E-state index is 0.00333. The van der Waals surface area contributed by atoms with Crippen molar-refractivity contribution in [1.29, 1.82) is 0 Å². The highest BCUT2D eigenvalue weighted by Gasteiger charge is 2.48. The molecule has 4 nitrogen and oxygen atoms in total. The van der Waals surface area contributed by atoms with Gasteiger partial charge in [-0.1, -0.05) is 35.8 Å². The average Bonchev–Trinajstić information content (AvgIpc) is 2.87. The Morgan fingerprint density at radius 1 is 1.38 bits per heavy atom. The number of carbonyl (C=O) groups is 2. The van der Waals surface area contributed by atoms with E-state index in [1.807, 2.05) is 32.9 Å². The number of benzene rings is 1. The molecule has 5 heteroatoms. The maximum absolute atomic E-state index is 12.7. The molecule has 1 heterocycles. The van der Waals surface area contributed by atoms with E-state index in [1.165, 1.54) is 0 Å². The van der Waals surface area contributed by atoms with Crippen molar-refractivity contribution < 1.29 is 14.7 Å². The normalized spacial score (nSPS) is 21.9. The zero-order chi connectivity index (χ0) is 15.8. The van der Waals surface area contributed by atoms with E-state index in [4.69, 9.17) is 0 Å². The molecular weight excluding hydrogens is 334 g/mol. The number of amides is 1. The fraction of sp³-hybridized carbons (Fsp3) is 0.500. The highest BCUT2D eigenvalue weighted by Crippen LogP contribution is 2.39. The monoisotopic (exact) mass is 353 g/mol. The highest BCUT2D eigenvalue weighted by molar-refractivity contribution is 9.10. The van der Waals surface area contributed by atoms with E-state index in [0.29, 0.717) is 18.5 Å². The number of carboxylic acid groups (broad SMARTS) is 1. The Bertz CT molecular complexity index is 585. The van der Waals surface area contributed by atoms with Crippen molar-refractivity contribution in [2.75, 3.05) is 13.1 Å². The molecule has 1 aromatic rings. The van der Waals surface area contributed by atoms with Gasteiger partial charge in [0.15, 0.2) is 0 Å². The third kappa shape index (κ3) is 2.71. The van der Waals surface area contributed by atoms with Crippen LogP contribution in [-0.2, 0) is 4.79 Å². The first-order valence-electron chi connectivity index (χ1n) is 7.07. The summed E-state index contributed by atoms with van der Waals surface area (Å²) in [5.74, 6) is -0.896. The first kappa shape index (κ1) is 16.0. The van der Waals surface area contributed by atoms with Crippen LogP contribution in [0.5, 0.6) is 0 Å². The number of carbonyl (C=O) groups excluding carboxylic acids is 1. The van der Waals surface area contributed by atoms with Crippen LogP contribution in [0.15, 0.2) is 22.7 Å². The molecule has 2 rings (SSSR count). The molecule has 1 fully saturated rings. The molecular formula is C16H20BrNO3. The molecule has 1 unspecified atom stereocenters. The van der Waals surface area contributed by atoms with Crippen molar-refractivity contribution in [3.63, 3.8) is 0 Å². The van der Waals surface area contributed by atoms with Gasteiger partial charge in [-0.2, -0.15) is 0 Å². The highest BCUT2D eigenvalue weighted by atomic mass is 79.9. The minimum atomic E-state index is -0.824. The quantitative estimate of drug-likeness (QED) is 0.906. The molecule has 1 amide bonds. The Kier molecular flexibility index (Phi) is 4.42. The second-order valence-corrected chi connectivity index (χ2v) is 6.86. The summed E-state index contributed by atoms with van der Waals surface area (Å²) in [6.45, 7) is 6.49. The van der Waals surface area contributed by atoms with E-state index in [0.717, 1.165) is 10.0 Å². The van der Waals surface area contributed by atoms with Crippen LogP contribution in [0.3, 0.4) is 0 Å². The molecule has 114 valence electrons. The summed E-state index contributed by atoms with van der Waals surface area (Å²) in [6.07, 6.45) is 0.513. The summed E-state index contributed by atoms with van der Waals surface area (Å²) >= 11 is 3.43. The van der Waals surface area contributed by atoms with Crippen molar-refractivity contribution in [3.8, 4) is 0 Å². The molecule has 1 saturated heterocycles. The molecule has 21 heavy (non-hydrogen) atoms. The first-order chi connectivity index (χ1) is 9.79. The smallest absolute Gasteiger partial charge is 0.311 e. The molecule has 0 radical (unpaired) electrons. The second kappa shape index (κ2) is 5.79. The summed E-state index contributed by atoms with van der Waals surface area (Å²) in [4.78, 5) is 26.0. The predicted octanol–water partition coefficient (Wildman–Crippen LogP) is 3.33. The van der Waals surface area contributed by atoms with Crippen LogP contribution in [0.2, 0.25) is 0 Å². The van der Waals surface area contributed by atoms with Gasteiger partial charge in [-0.25, -0.2) is 0 Å². The molecule has 1 aliphatic heterocycles. The summed E-state index contributed by atoms with van der Waals surface area (Å²) in [5, 5.41) is 9.56. The van der Waals surface area contributed by atoms with Crippen molar-refractivity contribution in [1.82, 2.24) is 4.90 Å². The number of halogens is 1. The van der Waals surface area contributed by atoms with Gasteiger partial charge in [-0.3, -0.25) is 9.59 Å². The number of nitrogens with zero attached hydrogens (tertiary/aromatic N) is 1. The Labute approximate surface area is 133 Å². The lowest BCUT2D eigenvalue weighted by Crippen LogP contribution is -2.40. The molecule has 0 aliphatic carbocycles. The van der Waals surface area contributed by atoms with Gasteiger partial charge in [-0.15, -0.1) is 0 Å². The third-order valence-corrected chi connectivity index (χ3v) is 5.48. The SMILES string of the molecule is Cc1c(Br)cccc1C(=O)N1CCC(C(=O)O)(C(C)C)C1. The number of hydrogen-bond donors (Lipinski definition) is 1. The van der Waals surface area contributed by atoms with E-state index >= 15 is 0 Å². The van der Waals surface area contributed by atoms with Crippen LogP contribution in [0.1, 0.15) is 36.2 Å². The van der Waals surface area contributed by atoms with Gasteiger partial charge < -0.3 is 10.0 Å². The Morgan fingerprint density at radius 2 is 2.05 bits per heavy atom. The molecule has 1 atom stereocenters. The van der Waals surface area contributed by atoms with Crippen molar-refractivity contribution in [2.24, 2.45) is 11.3 Å². The third-order valence-electron chi connectivity index (χ3n) is 4.62. The molecule has 1 aliphatic rings. The molecule has 0 aromatic heterocycles. The summed E-state index contributed by atoms with van der Waals surface area (Å²) in [5.41, 5.74) is 0.699. The van der Waals surface area contributed by atoms with Crippen LogP contribution in [-0.4, -0.2) is 35.0 Å². The lowest BCUT2D eigenvalue weighted by molar-refractivity contribution is -0.150. The van der Waals surface area contributed by atoms with Gasteiger partial charge in [0.25, 0.3) is 5.91 Å². The summed E-state index contributed by atoms with van der Waals surface area (Å²) in [6, 6.07) is 5.51. The van der Waals surface area contributed by atoms with E-state index in [9.17, 15) is 14.7 Å². The topological polar surface area (TPSA) is 57.6 Å². The van der Waals surface area contributed by atoms with Crippen molar-refractivity contribution in [3.05, 3.63) is 33.8 Å². The number of carboxylic acids is 1. The van der Waals surface area contributed by atoms with E-state index in [2.05, 4.69) is 15.9 Å². The van der Waals surface area contributed by atoms with Crippen LogP contribution < -0.4 is 0 Å². The minimum Gasteiger partial charge on any atom is -0.481 e. The lowest BCUT2D eigenvalue weighted by Gasteiger charge is -2.28.